The second-order valence-electron chi connectivity index (χ2n) is 4.15. The van der Waals surface area contributed by atoms with Gasteiger partial charge in [-0.1, -0.05) is 0 Å². The molecule has 0 aliphatic carbocycles. The molecule has 0 aliphatic heterocycles. The van der Waals surface area contributed by atoms with E-state index in [9.17, 15) is 19.2 Å². The van der Waals surface area contributed by atoms with Crippen LogP contribution in [0, 0.1) is 0 Å². The molecule has 2 amide bonds. The fourth-order valence-electron chi connectivity index (χ4n) is 1.38. The summed E-state index contributed by atoms with van der Waals surface area (Å²) < 4.78 is 4.37. The standard InChI is InChI=1S/C12H21N3O6/c1-13-9(12(20)15-5-8(17)7-16)3-4-10(18)14-6-11(19)21-2/h9,13,16H,3-7H2,1-2H3,(H,14,18)(H,15,20)/t9-/m0/s1. The second-order valence-corrected chi connectivity index (χ2v) is 4.15. The molecule has 21 heavy (non-hydrogen) atoms. The van der Waals surface area contributed by atoms with Crippen molar-refractivity contribution >= 4 is 23.6 Å². The highest BCUT2D eigenvalue weighted by Crippen LogP contribution is 1.97. The third-order valence-corrected chi connectivity index (χ3v) is 2.62. The van der Waals surface area contributed by atoms with Crippen molar-refractivity contribution in [2.24, 2.45) is 0 Å². The molecule has 0 saturated heterocycles. The van der Waals surface area contributed by atoms with Crippen LogP contribution in [0.3, 0.4) is 0 Å². The molecule has 9 heteroatoms. The third kappa shape index (κ3) is 8.71. The molecule has 1 atom stereocenters. The summed E-state index contributed by atoms with van der Waals surface area (Å²) in [5.74, 6) is -1.90. The van der Waals surface area contributed by atoms with E-state index in [1.807, 2.05) is 0 Å². The van der Waals surface area contributed by atoms with Gasteiger partial charge in [0.15, 0.2) is 5.78 Å². The molecule has 0 aromatic heterocycles. The van der Waals surface area contributed by atoms with Gasteiger partial charge in [-0.25, -0.2) is 0 Å². The first-order valence-corrected chi connectivity index (χ1v) is 6.35. The Hall–Kier alpha value is -2.00. The van der Waals surface area contributed by atoms with Crippen molar-refractivity contribution in [3.8, 4) is 0 Å². The fourth-order valence-corrected chi connectivity index (χ4v) is 1.38. The number of aliphatic hydroxyl groups is 1. The first-order chi connectivity index (χ1) is 9.94. The van der Waals surface area contributed by atoms with E-state index in [4.69, 9.17) is 5.11 Å². The van der Waals surface area contributed by atoms with E-state index in [0.717, 1.165) is 0 Å². The third-order valence-electron chi connectivity index (χ3n) is 2.62. The number of carbonyl (C=O) groups excluding carboxylic acids is 4. The molecule has 0 aromatic carbocycles. The van der Waals surface area contributed by atoms with Gasteiger partial charge in [0.25, 0.3) is 0 Å². The SMILES string of the molecule is CN[C@@H](CCC(=O)NCC(=O)OC)C(=O)NCC(=O)CO. The van der Waals surface area contributed by atoms with Crippen molar-refractivity contribution < 1.29 is 29.0 Å². The summed E-state index contributed by atoms with van der Waals surface area (Å²) in [6.45, 7) is -1.13. The van der Waals surface area contributed by atoms with Crippen LogP contribution in [-0.4, -0.2) is 68.6 Å². The summed E-state index contributed by atoms with van der Waals surface area (Å²) >= 11 is 0. The Labute approximate surface area is 122 Å². The topological polar surface area (TPSA) is 134 Å². The summed E-state index contributed by atoms with van der Waals surface area (Å²) in [7, 11) is 2.76. The number of aliphatic hydroxyl groups excluding tert-OH is 1. The van der Waals surface area contributed by atoms with Crippen molar-refractivity contribution in [2.45, 2.75) is 18.9 Å². The number of methoxy groups -OCH3 is 1. The van der Waals surface area contributed by atoms with Crippen molar-refractivity contribution in [1.82, 2.24) is 16.0 Å². The van der Waals surface area contributed by atoms with Crippen molar-refractivity contribution in [3.63, 3.8) is 0 Å². The molecule has 0 aliphatic rings. The number of ketones is 1. The predicted molar refractivity (Wildman–Crippen MR) is 72.2 cm³/mol. The fraction of sp³-hybridized carbons (Fsp3) is 0.667. The smallest absolute Gasteiger partial charge is 0.325 e. The maximum atomic E-state index is 11.7. The number of hydrogen-bond donors (Lipinski definition) is 4. The van der Waals surface area contributed by atoms with Gasteiger partial charge in [0, 0.05) is 6.42 Å². The maximum Gasteiger partial charge on any atom is 0.325 e. The lowest BCUT2D eigenvalue weighted by Gasteiger charge is -2.15. The van der Waals surface area contributed by atoms with Gasteiger partial charge in [0.05, 0.1) is 19.7 Å². The van der Waals surface area contributed by atoms with Crippen LogP contribution in [0.2, 0.25) is 0 Å². The average molecular weight is 303 g/mol. The zero-order valence-electron chi connectivity index (χ0n) is 12.1. The zero-order valence-corrected chi connectivity index (χ0v) is 12.1. The Morgan fingerprint density at radius 1 is 1.14 bits per heavy atom. The number of carbonyl (C=O) groups is 4. The van der Waals surface area contributed by atoms with Crippen LogP contribution in [0.4, 0.5) is 0 Å². The molecule has 0 heterocycles. The van der Waals surface area contributed by atoms with Crippen molar-refractivity contribution in [3.05, 3.63) is 0 Å². The second kappa shape index (κ2) is 10.7. The number of hydrogen-bond acceptors (Lipinski definition) is 7. The van der Waals surface area contributed by atoms with Crippen molar-refractivity contribution in [2.75, 3.05) is 33.9 Å². The van der Waals surface area contributed by atoms with Crippen LogP contribution in [0.1, 0.15) is 12.8 Å². The number of rotatable bonds is 10. The van der Waals surface area contributed by atoms with E-state index in [-0.39, 0.29) is 31.8 Å². The minimum Gasteiger partial charge on any atom is -0.468 e. The maximum absolute atomic E-state index is 11.7. The first-order valence-electron chi connectivity index (χ1n) is 6.35. The van der Waals surface area contributed by atoms with E-state index in [2.05, 4.69) is 20.7 Å². The number of likely N-dealkylation sites (N-methyl/N-ethyl adjacent to an activating group) is 1. The van der Waals surface area contributed by atoms with Gasteiger partial charge in [0.1, 0.15) is 13.2 Å². The minimum absolute atomic E-state index is 0.0316. The Bertz CT molecular complexity index is 385. The Kier molecular flexibility index (Phi) is 9.72. The highest BCUT2D eigenvalue weighted by Gasteiger charge is 2.18. The first kappa shape index (κ1) is 19.0. The van der Waals surface area contributed by atoms with E-state index in [1.54, 1.807) is 7.05 Å². The quantitative estimate of drug-likeness (QED) is 0.323. The monoisotopic (exact) mass is 303 g/mol. The molecular weight excluding hydrogens is 282 g/mol. The van der Waals surface area contributed by atoms with Gasteiger partial charge in [0.2, 0.25) is 11.8 Å². The molecule has 0 unspecified atom stereocenters. The van der Waals surface area contributed by atoms with Gasteiger partial charge in [-0.05, 0) is 13.5 Å². The van der Waals surface area contributed by atoms with E-state index < -0.39 is 30.3 Å². The lowest BCUT2D eigenvalue weighted by Crippen LogP contribution is -2.45. The number of amides is 2. The lowest BCUT2D eigenvalue weighted by molar-refractivity contribution is -0.141. The summed E-state index contributed by atoms with van der Waals surface area (Å²) in [5.41, 5.74) is 0. The summed E-state index contributed by atoms with van der Waals surface area (Å²) in [4.78, 5) is 44.9. The summed E-state index contributed by atoms with van der Waals surface area (Å²) in [5, 5.41) is 16.0. The van der Waals surface area contributed by atoms with Crippen molar-refractivity contribution in [1.29, 1.82) is 0 Å². The molecule has 0 rings (SSSR count). The largest absolute Gasteiger partial charge is 0.468 e. The highest BCUT2D eigenvalue weighted by atomic mass is 16.5. The van der Waals surface area contributed by atoms with Gasteiger partial charge in [-0.3, -0.25) is 19.2 Å². The van der Waals surface area contributed by atoms with Crippen LogP contribution in [-0.2, 0) is 23.9 Å². The molecule has 0 radical (unpaired) electrons. The number of nitrogens with one attached hydrogen (secondary N) is 3. The van der Waals surface area contributed by atoms with Crippen LogP contribution < -0.4 is 16.0 Å². The molecular formula is C12H21N3O6. The predicted octanol–water partition coefficient (Wildman–Crippen LogP) is -2.68. The summed E-state index contributed by atoms with van der Waals surface area (Å²) in [6.07, 6.45) is 0.229. The zero-order chi connectivity index (χ0) is 16.3. The van der Waals surface area contributed by atoms with Gasteiger partial charge in [-0.15, -0.1) is 0 Å². The van der Waals surface area contributed by atoms with E-state index in [1.165, 1.54) is 7.11 Å². The number of esters is 1. The molecule has 4 N–H and O–H groups in total. The van der Waals surface area contributed by atoms with Crippen LogP contribution in [0.25, 0.3) is 0 Å². The van der Waals surface area contributed by atoms with E-state index in [0.29, 0.717) is 0 Å². The molecule has 0 fully saturated rings. The van der Waals surface area contributed by atoms with Crippen LogP contribution >= 0.6 is 0 Å². The average Bonchev–Trinajstić information content (AvgIpc) is 2.50. The Morgan fingerprint density at radius 2 is 1.81 bits per heavy atom. The van der Waals surface area contributed by atoms with Crippen LogP contribution in [0.15, 0.2) is 0 Å². The molecule has 0 saturated carbocycles. The molecule has 0 bridgehead atoms. The number of Topliss-reactive ketones (excluding diaryl/α,β-unsaturated/α-hetero) is 1. The van der Waals surface area contributed by atoms with Crippen LogP contribution in [0.5, 0.6) is 0 Å². The van der Waals surface area contributed by atoms with Gasteiger partial charge in [-0.2, -0.15) is 0 Å². The highest BCUT2D eigenvalue weighted by molar-refractivity contribution is 5.89. The molecule has 0 spiro atoms. The number of ether oxygens (including phenoxy) is 1. The minimum atomic E-state index is -0.652. The molecule has 0 aromatic rings. The molecule has 9 nitrogen and oxygen atoms in total. The lowest BCUT2D eigenvalue weighted by atomic mass is 10.1. The Morgan fingerprint density at radius 3 is 2.33 bits per heavy atom. The van der Waals surface area contributed by atoms with Gasteiger partial charge < -0.3 is 25.8 Å². The normalized spacial score (nSPS) is 11.4. The van der Waals surface area contributed by atoms with E-state index >= 15 is 0 Å². The Balaban J connectivity index is 4.07. The summed E-state index contributed by atoms with van der Waals surface area (Å²) in [6, 6.07) is -0.652. The van der Waals surface area contributed by atoms with Gasteiger partial charge >= 0.3 is 5.97 Å². The molecule has 120 valence electrons.